The summed E-state index contributed by atoms with van der Waals surface area (Å²) in [6.45, 7) is 1.50. The van der Waals surface area contributed by atoms with Crippen LogP contribution < -0.4 is 5.32 Å². The molecule has 2 aliphatic carbocycles. The third kappa shape index (κ3) is 3.81. The number of allylic oxidation sites excluding steroid dienone is 2. The van der Waals surface area contributed by atoms with Gasteiger partial charge in [-0.05, 0) is 43.9 Å². The van der Waals surface area contributed by atoms with E-state index in [1.54, 1.807) is 30.3 Å². The molecule has 6 heteroatoms. The molecule has 0 spiro atoms. The summed E-state index contributed by atoms with van der Waals surface area (Å²) in [6.07, 6.45) is 5.18. The smallest absolute Gasteiger partial charge is 0.307 e. The Hall–Kier alpha value is -3.54. The number of nitrogens with one attached hydrogen (secondary N) is 1. The number of fused-ring (bicyclic) bond motifs is 2. The third-order valence-corrected chi connectivity index (χ3v) is 5.41. The van der Waals surface area contributed by atoms with Crippen molar-refractivity contribution in [1.82, 2.24) is 0 Å². The van der Waals surface area contributed by atoms with Crippen molar-refractivity contribution in [1.29, 1.82) is 0 Å². The molecule has 0 unspecified atom stereocenters. The normalized spacial score (nSPS) is 17.8. The molecule has 6 nitrogen and oxygen atoms in total. The standard InChI is InChI=1S/C24H21NO5/c1-14(30-21(26)12-15-6-2-3-7-15)24(29)25-16-10-11-19-20(13-16)23(28)18-9-5-4-8-17(18)22(19)27/h2,4-6,8-11,13-15H,3,7,12H2,1H3,(H,25,29)/t14-,15+/m1/s1. The highest BCUT2D eigenvalue weighted by atomic mass is 16.5. The van der Waals surface area contributed by atoms with Gasteiger partial charge in [0.2, 0.25) is 0 Å². The van der Waals surface area contributed by atoms with E-state index in [2.05, 4.69) is 5.32 Å². The van der Waals surface area contributed by atoms with E-state index in [-0.39, 0.29) is 29.5 Å². The van der Waals surface area contributed by atoms with E-state index < -0.39 is 18.0 Å². The first-order valence-electron chi connectivity index (χ1n) is 9.93. The summed E-state index contributed by atoms with van der Waals surface area (Å²) in [5.41, 5.74) is 1.64. The zero-order valence-corrected chi connectivity index (χ0v) is 16.5. The van der Waals surface area contributed by atoms with Crippen LogP contribution in [0.25, 0.3) is 0 Å². The maximum atomic E-state index is 12.8. The van der Waals surface area contributed by atoms with Crippen LogP contribution in [0.3, 0.4) is 0 Å². The number of carbonyl (C=O) groups excluding carboxylic acids is 4. The Morgan fingerprint density at radius 3 is 2.37 bits per heavy atom. The molecule has 2 aliphatic rings. The lowest BCUT2D eigenvalue weighted by molar-refractivity contribution is -0.153. The Morgan fingerprint density at radius 1 is 1.03 bits per heavy atom. The first-order chi connectivity index (χ1) is 14.4. The van der Waals surface area contributed by atoms with Crippen molar-refractivity contribution in [3.05, 3.63) is 76.9 Å². The van der Waals surface area contributed by atoms with Gasteiger partial charge in [-0.1, -0.05) is 36.4 Å². The Bertz CT molecular complexity index is 1080. The van der Waals surface area contributed by atoms with E-state index in [4.69, 9.17) is 4.74 Å². The number of carbonyl (C=O) groups is 4. The highest BCUT2D eigenvalue weighted by Crippen LogP contribution is 2.29. The van der Waals surface area contributed by atoms with E-state index in [0.717, 1.165) is 12.8 Å². The van der Waals surface area contributed by atoms with Gasteiger partial charge < -0.3 is 10.1 Å². The number of ketones is 2. The minimum atomic E-state index is -0.975. The van der Waals surface area contributed by atoms with Gasteiger partial charge in [0.1, 0.15) is 0 Å². The molecule has 30 heavy (non-hydrogen) atoms. The predicted octanol–water partition coefficient (Wildman–Crippen LogP) is 3.69. The van der Waals surface area contributed by atoms with E-state index >= 15 is 0 Å². The number of hydrogen-bond donors (Lipinski definition) is 1. The molecule has 0 aliphatic heterocycles. The van der Waals surface area contributed by atoms with Crippen molar-refractivity contribution in [3.63, 3.8) is 0 Å². The van der Waals surface area contributed by atoms with Crippen LogP contribution in [-0.2, 0) is 14.3 Å². The molecule has 2 atom stereocenters. The zero-order valence-electron chi connectivity index (χ0n) is 16.5. The highest BCUT2D eigenvalue weighted by Gasteiger charge is 2.30. The van der Waals surface area contributed by atoms with Gasteiger partial charge in [-0.15, -0.1) is 0 Å². The molecule has 0 fully saturated rings. The van der Waals surface area contributed by atoms with Crippen molar-refractivity contribution >= 4 is 29.1 Å². The quantitative estimate of drug-likeness (QED) is 0.518. The van der Waals surface area contributed by atoms with E-state index in [1.165, 1.54) is 19.1 Å². The Labute approximate surface area is 173 Å². The molecule has 0 saturated heterocycles. The van der Waals surface area contributed by atoms with E-state index in [1.807, 2.05) is 12.2 Å². The molecule has 0 heterocycles. The Balaban J connectivity index is 1.44. The number of hydrogen-bond acceptors (Lipinski definition) is 5. The molecule has 1 amide bonds. The van der Waals surface area contributed by atoms with E-state index in [0.29, 0.717) is 22.4 Å². The van der Waals surface area contributed by atoms with Crippen LogP contribution in [0.4, 0.5) is 5.69 Å². The number of anilines is 1. The summed E-state index contributed by atoms with van der Waals surface area (Å²) in [7, 11) is 0. The van der Waals surface area contributed by atoms with Gasteiger partial charge in [0, 0.05) is 27.9 Å². The second-order valence-electron chi connectivity index (χ2n) is 7.56. The molecule has 152 valence electrons. The Morgan fingerprint density at radius 2 is 1.70 bits per heavy atom. The first-order valence-corrected chi connectivity index (χ1v) is 9.93. The van der Waals surface area contributed by atoms with Crippen LogP contribution in [0.5, 0.6) is 0 Å². The minimum Gasteiger partial charge on any atom is -0.453 e. The number of ether oxygens (including phenoxy) is 1. The molecule has 0 saturated carbocycles. The molecular weight excluding hydrogens is 382 g/mol. The van der Waals surface area contributed by atoms with Gasteiger partial charge in [-0.25, -0.2) is 0 Å². The average molecular weight is 403 g/mol. The van der Waals surface area contributed by atoms with Crippen LogP contribution in [0, 0.1) is 5.92 Å². The van der Waals surface area contributed by atoms with Gasteiger partial charge in [0.05, 0.1) is 6.42 Å². The molecule has 4 rings (SSSR count). The van der Waals surface area contributed by atoms with Crippen molar-refractivity contribution in [3.8, 4) is 0 Å². The summed E-state index contributed by atoms with van der Waals surface area (Å²) < 4.78 is 5.24. The van der Waals surface area contributed by atoms with Crippen LogP contribution in [-0.4, -0.2) is 29.5 Å². The van der Waals surface area contributed by atoms with Gasteiger partial charge >= 0.3 is 5.97 Å². The van der Waals surface area contributed by atoms with Crippen molar-refractivity contribution in [2.75, 3.05) is 5.32 Å². The highest BCUT2D eigenvalue weighted by molar-refractivity contribution is 6.28. The third-order valence-electron chi connectivity index (χ3n) is 5.41. The number of rotatable bonds is 5. The number of benzene rings is 2. The zero-order chi connectivity index (χ0) is 21.3. The molecule has 0 radical (unpaired) electrons. The fraction of sp³-hybridized carbons (Fsp3) is 0.250. The summed E-state index contributed by atoms with van der Waals surface area (Å²) in [5.74, 6) is -1.24. The molecule has 0 aromatic heterocycles. The summed E-state index contributed by atoms with van der Waals surface area (Å²) in [5, 5.41) is 2.66. The molecule has 2 aromatic rings. The minimum absolute atomic E-state index is 0.167. The van der Waals surface area contributed by atoms with Crippen molar-refractivity contribution in [2.45, 2.75) is 32.3 Å². The second kappa shape index (κ2) is 8.06. The largest absolute Gasteiger partial charge is 0.453 e. The van der Waals surface area contributed by atoms with Crippen LogP contribution >= 0.6 is 0 Å². The lowest BCUT2D eigenvalue weighted by Gasteiger charge is -2.19. The summed E-state index contributed by atoms with van der Waals surface area (Å²) in [6, 6.07) is 11.3. The predicted molar refractivity (Wildman–Crippen MR) is 110 cm³/mol. The number of amides is 1. The van der Waals surface area contributed by atoms with Gasteiger partial charge in [0.25, 0.3) is 5.91 Å². The average Bonchev–Trinajstić information content (AvgIpc) is 3.24. The topological polar surface area (TPSA) is 89.5 Å². The van der Waals surface area contributed by atoms with Crippen LogP contribution in [0.1, 0.15) is 58.0 Å². The Kier molecular flexibility index (Phi) is 5.31. The lowest BCUT2D eigenvalue weighted by Crippen LogP contribution is -2.30. The van der Waals surface area contributed by atoms with Crippen LogP contribution in [0.2, 0.25) is 0 Å². The first kappa shape index (κ1) is 19.8. The number of esters is 1. The molecule has 1 N–H and O–H groups in total. The van der Waals surface area contributed by atoms with Gasteiger partial charge in [-0.3, -0.25) is 19.2 Å². The second-order valence-corrected chi connectivity index (χ2v) is 7.56. The van der Waals surface area contributed by atoms with Crippen molar-refractivity contribution in [2.24, 2.45) is 5.92 Å². The summed E-state index contributed by atoms with van der Waals surface area (Å²) in [4.78, 5) is 49.9. The maximum Gasteiger partial charge on any atom is 0.307 e. The van der Waals surface area contributed by atoms with Crippen molar-refractivity contribution < 1.29 is 23.9 Å². The molecule has 2 aromatic carbocycles. The van der Waals surface area contributed by atoms with E-state index in [9.17, 15) is 19.2 Å². The monoisotopic (exact) mass is 403 g/mol. The SMILES string of the molecule is C[C@@H](OC(=O)C[C@H]1C=CCC1)C(=O)Nc1ccc2c(c1)C(=O)c1ccccc1C2=O. The van der Waals surface area contributed by atoms with Gasteiger partial charge in [0.15, 0.2) is 17.7 Å². The molecular formula is C24H21NO5. The lowest BCUT2D eigenvalue weighted by atomic mass is 9.84. The van der Waals surface area contributed by atoms with Crippen LogP contribution in [0.15, 0.2) is 54.6 Å². The maximum absolute atomic E-state index is 12.8. The molecule has 0 bridgehead atoms. The fourth-order valence-electron chi connectivity index (χ4n) is 3.80. The van der Waals surface area contributed by atoms with Gasteiger partial charge in [-0.2, -0.15) is 0 Å². The summed E-state index contributed by atoms with van der Waals surface area (Å²) >= 11 is 0. The fourth-order valence-corrected chi connectivity index (χ4v) is 3.80.